The number of nitrogens with zero attached hydrogens (tertiary/aromatic N) is 2. The van der Waals surface area contributed by atoms with Crippen LogP contribution < -0.4 is 10.4 Å². The Labute approximate surface area is 71.2 Å². The summed E-state index contributed by atoms with van der Waals surface area (Å²) in [5.74, 6) is 0.715. The number of hydrazine groups is 1. The van der Waals surface area contributed by atoms with E-state index in [4.69, 9.17) is 0 Å². The molecule has 1 N–H and O–H groups in total. The molecule has 0 fully saturated rings. The molecule has 0 unspecified atom stereocenters. The van der Waals surface area contributed by atoms with Gasteiger partial charge in [-0.2, -0.15) is 0 Å². The van der Waals surface area contributed by atoms with E-state index in [9.17, 15) is 4.39 Å². The molecule has 0 saturated carbocycles. The van der Waals surface area contributed by atoms with Crippen molar-refractivity contribution in [1.82, 2.24) is 10.4 Å². The van der Waals surface area contributed by atoms with Crippen molar-refractivity contribution in [2.45, 2.75) is 6.67 Å². The zero-order chi connectivity index (χ0) is 8.97. The van der Waals surface area contributed by atoms with Crippen molar-refractivity contribution in [1.29, 1.82) is 0 Å². The van der Waals surface area contributed by atoms with Gasteiger partial charge in [-0.05, 0) is 17.7 Å². The average molecular weight is 169 g/mol. The topological polar surface area (TPSA) is 28.2 Å². The van der Waals surface area contributed by atoms with Crippen LogP contribution >= 0.6 is 0 Å². The first kappa shape index (κ1) is 8.93. The Morgan fingerprint density at radius 2 is 2.42 bits per heavy atom. The molecule has 0 radical (unpaired) electrons. The first-order valence-corrected chi connectivity index (χ1v) is 3.70. The Kier molecular flexibility index (Phi) is 2.99. The molecular weight excluding hydrogens is 157 g/mol. The lowest BCUT2D eigenvalue weighted by Crippen LogP contribution is -2.31. The van der Waals surface area contributed by atoms with E-state index in [0.29, 0.717) is 11.4 Å². The molecular formula is C8H12FN3. The number of anilines is 1. The largest absolute Gasteiger partial charge is 0.296 e. The summed E-state index contributed by atoms with van der Waals surface area (Å²) in [6.07, 6.45) is 1.60. The third-order valence-electron chi connectivity index (χ3n) is 1.64. The number of hydrogen-bond acceptors (Lipinski definition) is 3. The Bertz CT molecular complexity index is 252. The van der Waals surface area contributed by atoms with Crippen molar-refractivity contribution < 1.29 is 4.39 Å². The molecule has 4 heteroatoms. The lowest BCUT2D eigenvalue weighted by Gasteiger charge is -2.16. The van der Waals surface area contributed by atoms with Gasteiger partial charge in [-0.1, -0.05) is 0 Å². The second-order valence-corrected chi connectivity index (χ2v) is 2.44. The number of hydrogen-bond donors (Lipinski definition) is 1. The molecule has 0 aliphatic carbocycles. The van der Waals surface area contributed by atoms with E-state index in [2.05, 4.69) is 10.4 Å². The van der Waals surface area contributed by atoms with Gasteiger partial charge in [-0.25, -0.2) is 14.8 Å². The summed E-state index contributed by atoms with van der Waals surface area (Å²) in [6.45, 7) is -0.451. The fraction of sp³-hybridized carbons (Fsp3) is 0.375. The van der Waals surface area contributed by atoms with Gasteiger partial charge in [-0.15, -0.1) is 0 Å². The van der Waals surface area contributed by atoms with Crippen LogP contribution in [0.1, 0.15) is 5.56 Å². The summed E-state index contributed by atoms with van der Waals surface area (Å²) >= 11 is 0. The minimum atomic E-state index is -0.451. The summed E-state index contributed by atoms with van der Waals surface area (Å²) < 4.78 is 12.2. The Hall–Kier alpha value is -1.16. The van der Waals surface area contributed by atoms with E-state index in [-0.39, 0.29) is 0 Å². The highest BCUT2D eigenvalue weighted by Crippen LogP contribution is 2.09. The van der Waals surface area contributed by atoms with Crippen molar-refractivity contribution >= 4 is 5.82 Å². The Morgan fingerprint density at radius 1 is 1.67 bits per heavy atom. The van der Waals surface area contributed by atoms with E-state index in [1.165, 1.54) is 0 Å². The minimum Gasteiger partial charge on any atom is -0.296 e. The van der Waals surface area contributed by atoms with Gasteiger partial charge in [0, 0.05) is 20.3 Å². The molecule has 3 nitrogen and oxygen atoms in total. The van der Waals surface area contributed by atoms with Crippen LogP contribution in [0.15, 0.2) is 18.3 Å². The van der Waals surface area contributed by atoms with Gasteiger partial charge >= 0.3 is 0 Å². The van der Waals surface area contributed by atoms with Gasteiger partial charge in [0.05, 0.1) is 0 Å². The summed E-state index contributed by atoms with van der Waals surface area (Å²) in [5, 5.41) is 1.72. The summed E-state index contributed by atoms with van der Waals surface area (Å²) in [5.41, 5.74) is 3.52. The van der Waals surface area contributed by atoms with E-state index in [1.54, 1.807) is 30.4 Å². The van der Waals surface area contributed by atoms with Gasteiger partial charge in [0.25, 0.3) is 0 Å². The van der Waals surface area contributed by atoms with Crippen molar-refractivity contribution in [3.63, 3.8) is 0 Å². The molecule has 1 heterocycles. The van der Waals surface area contributed by atoms with E-state index >= 15 is 0 Å². The van der Waals surface area contributed by atoms with E-state index < -0.39 is 6.67 Å². The van der Waals surface area contributed by atoms with Crippen LogP contribution in [0.2, 0.25) is 0 Å². The van der Waals surface area contributed by atoms with Crippen LogP contribution in [-0.4, -0.2) is 19.1 Å². The standard InChI is InChI=1S/C8H12FN3/c1-10-12(2)8-5-7(6-9)3-4-11-8/h3-5,10H,6H2,1-2H3. The molecule has 0 aliphatic rings. The zero-order valence-electron chi connectivity index (χ0n) is 7.21. The predicted molar refractivity (Wildman–Crippen MR) is 46.5 cm³/mol. The quantitative estimate of drug-likeness (QED) is 0.687. The fourth-order valence-electron chi connectivity index (χ4n) is 0.842. The van der Waals surface area contributed by atoms with Crippen molar-refractivity contribution in [2.75, 3.05) is 19.1 Å². The molecule has 0 spiro atoms. The maximum Gasteiger partial charge on any atom is 0.142 e. The first-order valence-electron chi connectivity index (χ1n) is 3.70. The molecule has 1 aromatic heterocycles. The maximum atomic E-state index is 12.2. The highest BCUT2D eigenvalue weighted by Gasteiger charge is 1.99. The summed E-state index contributed by atoms with van der Waals surface area (Å²) in [6, 6.07) is 3.36. The van der Waals surface area contributed by atoms with Crippen LogP contribution in [0.25, 0.3) is 0 Å². The second-order valence-electron chi connectivity index (χ2n) is 2.44. The van der Waals surface area contributed by atoms with Gasteiger partial charge in [-0.3, -0.25) is 5.01 Å². The third kappa shape index (κ3) is 1.92. The lowest BCUT2D eigenvalue weighted by atomic mass is 10.3. The van der Waals surface area contributed by atoms with Crippen molar-refractivity contribution in [2.24, 2.45) is 0 Å². The molecule has 1 aromatic rings. The van der Waals surface area contributed by atoms with Crippen LogP contribution in [0.4, 0.5) is 10.2 Å². The van der Waals surface area contributed by atoms with Crippen LogP contribution in [0.5, 0.6) is 0 Å². The van der Waals surface area contributed by atoms with Crippen LogP contribution in [0.3, 0.4) is 0 Å². The number of aromatic nitrogens is 1. The number of nitrogens with one attached hydrogen (secondary N) is 1. The van der Waals surface area contributed by atoms with Gasteiger partial charge in [0.15, 0.2) is 0 Å². The van der Waals surface area contributed by atoms with E-state index in [0.717, 1.165) is 0 Å². The first-order chi connectivity index (χ1) is 5.77. The smallest absolute Gasteiger partial charge is 0.142 e. The van der Waals surface area contributed by atoms with Gasteiger partial charge in [0.2, 0.25) is 0 Å². The molecule has 0 saturated heterocycles. The normalized spacial score (nSPS) is 9.92. The number of rotatable bonds is 3. The monoisotopic (exact) mass is 169 g/mol. The predicted octanol–water partition coefficient (Wildman–Crippen LogP) is 1.12. The third-order valence-corrected chi connectivity index (χ3v) is 1.64. The van der Waals surface area contributed by atoms with Gasteiger partial charge < -0.3 is 0 Å². The second kappa shape index (κ2) is 4.01. The Morgan fingerprint density at radius 3 is 3.00 bits per heavy atom. The molecule has 0 bridgehead atoms. The van der Waals surface area contributed by atoms with Gasteiger partial charge in [0.1, 0.15) is 12.5 Å². The molecule has 0 atom stereocenters. The van der Waals surface area contributed by atoms with Crippen molar-refractivity contribution in [3.05, 3.63) is 23.9 Å². The summed E-state index contributed by atoms with van der Waals surface area (Å²) in [7, 11) is 3.61. The molecule has 1 rings (SSSR count). The molecule has 12 heavy (non-hydrogen) atoms. The fourth-order valence-corrected chi connectivity index (χ4v) is 0.842. The molecule has 0 aliphatic heterocycles. The Balaban J connectivity index is 2.86. The molecule has 0 amide bonds. The highest BCUT2D eigenvalue weighted by atomic mass is 19.1. The number of halogens is 1. The molecule has 0 aromatic carbocycles. The summed E-state index contributed by atoms with van der Waals surface area (Å²) in [4.78, 5) is 4.05. The highest BCUT2D eigenvalue weighted by molar-refractivity contribution is 5.38. The number of alkyl halides is 1. The molecule has 66 valence electrons. The zero-order valence-corrected chi connectivity index (χ0v) is 7.21. The van der Waals surface area contributed by atoms with Crippen molar-refractivity contribution in [3.8, 4) is 0 Å². The minimum absolute atomic E-state index is 0.451. The van der Waals surface area contributed by atoms with E-state index in [1.807, 2.05) is 7.05 Å². The lowest BCUT2D eigenvalue weighted by molar-refractivity contribution is 0.485. The SMILES string of the molecule is CNN(C)c1cc(CF)ccn1. The maximum absolute atomic E-state index is 12.2. The average Bonchev–Trinajstić information content (AvgIpc) is 2.17. The van der Waals surface area contributed by atoms with Crippen LogP contribution in [0, 0.1) is 0 Å². The van der Waals surface area contributed by atoms with Crippen LogP contribution in [-0.2, 0) is 6.67 Å². The number of pyridine rings is 1.